The molecule has 0 bridgehead atoms. The highest BCUT2D eigenvalue weighted by Gasteiger charge is 2.19. The highest BCUT2D eigenvalue weighted by Crippen LogP contribution is 2.32. The summed E-state index contributed by atoms with van der Waals surface area (Å²) in [7, 11) is 0. The van der Waals surface area contributed by atoms with Crippen LogP contribution in [-0.4, -0.2) is 23.5 Å². The molecule has 0 aliphatic heterocycles. The van der Waals surface area contributed by atoms with Gasteiger partial charge in [-0.1, -0.05) is 18.2 Å². The molecule has 15 heavy (non-hydrogen) atoms. The van der Waals surface area contributed by atoms with Crippen LogP contribution in [0.4, 0.5) is 4.39 Å². The summed E-state index contributed by atoms with van der Waals surface area (Å²) in [5.41, 5.74) is 6.43. The number of aliphatic hydroxyl groups is 1. The molecule has 1 rings (SSSR count). The third-order valence-electron chi connectivity index (χ3n) is 2.08. The lowest BCUT2D eigenvalue weighted by atomic mass is 10.1. The summed E-state index contributed by atoms with van der Waals surface area (Å²) in [5, 5.41) is 8.66. The first-order valence-electron chi connectivity index (χ1n) is 4.89. The second kappa shape index (κ2) is 6.10. The summed E-state index contributed by atoms with van der Waals surface area (Å²) in [4.78, 5) is 0. The molecule has 0 aliphatic rings. The van der Waals surface area contributed by atoms with E-state index in [1.54, 1.807) is 18.2 Å². The van der Waals surface area contributed by atoms with E-state index in [0.29, 0.717) is 11.3 Å². The summed E-state index contributed by atoms with van der Waals surface area (Å²) in [6, 6.07) is 6.50. The first-order chi connectivity index (χ1) is 7.16. The second-order valence-corrected chi connectivity index (χ2v) is 4.65. The number of aliphatic hydroxyl groups excluding tert-OH is 1. The van der Waals surface area contributed by atoms with Gasteiger partial charge in [-0.25, -0.2) is 4.39 Å². The van der Waals surface area contributed by atoms with Gasteiger partial charge in [-0.15, -0.1) is 11.8 Å². The molecular formula is C11H16FNOS. The maximum Gasteiger partial charge on any atom is 0.127 e. The highest BCUT2D eigenvalue weighted by molar-refractivity contribution is 7.99. The summed E-state index contributed by atoms with van der Waals surface area (Å²) in [6.45, 7) is 1.93. The fraction of sp³-hybridized carbons (Fsp3) is 0.455. The van der Waals surface area contributed by atoms with Crippen LogP contribution in [0.5, 0.6) is 0 Å². The Balaban J connectivity index is 2.84. The van der Waals surface area contributed by atoms with Crippen molar-refractivity contribution in [3.05, 3.63) is 35.6 Å². The predicted octanol–water partition coefficient (Wildman–Crippen LogP) is 1.94. The van der Waals surface area contributed by atoms with Crippen LogP contribution in [0.3, 0.4) is 0 Å². The van der Waals surface area contributed by atoms with Gasteiger partial charge < -0.3 is 10.8 Å². The zero-order valence-corrected chi connectivity index (χ0v) is 9.51. The lowest BCUT2D eigenvalue weighted by Gasteiger charge is -2.20. The Kier molecular flexibility index (Phi) is 5.08. The molecule has 4 heteroatoms. The number of halogens is 1. The molecule has 0 heterocycles. The number of benzene rings is 1. The quantitative estimate of drug-likeness (QED) is 0.811. The zero-order valence-electron chi connectivity index (χ0n) is 8.69. The van der Waals surface area contributed by atoms with Crippen LogP contribution in [0.2, 0.25) is 0 Å². The highest BCUT2D eigenvalue weighted by atomic mass is 32.2. The van der Waals surface area contributed by atoms with Crippen LogP contribution in [0.15, 0.2) is 24.3 Å². The van der Waals surface area contributed by atoms with Crippen molar-refractivity contribution in [2.45, 2.75) is 18.2 Å². The Bertz CT molecular complexity index is 306. The standard InChI is InChI=1S/C11H16FNOS/c1-8(13)11(15-7-6-14)9-4-2-3-5-10(9)12/h2-5,8,11,14H,6-7,13H2,1H3. The van der Waals surface area contributed by atoms with Crippen molar-refractivity contribution in [3.63, 3.8) is 0 Å². The summed E-state index contributed by atoms with van der Waals surface area (Å²) in [5.74, 6) is 0.339. The SMILES string of the molecule is CC(N)C(SCCO)c1ccccc1F. The molecule has 0 saturated carbocycles. The zero-order chi connectivity index (χ0) is 11.3. The molecule has 0 amide bonds. The van der Waals surface area contributed by atoms with E-state index in [0.717, 1.165) is 0 Å². The molecule has 0 radical (unpaired) electrons. The molecule has 1 aromatic rings. The predicted molar refractivity (Wildman–Crippen MR) is 62.3 cm³/mol. The van der Waals surface area contributed by atoms with Gasteiger partial charge in [0.1, 0.15) is 5.82 Å². The molecule has 0 aromatic heterocycles. The number of thioether (sulfide) groups is 1. The normalized spacial score (nSPS) is 14.9. The average molecular weight is 229 g/mol. The van der Waals surface area contributed by atoms with Crippen molar-refractivity contribution in [2.75, 3.05) is 12.4 Å². The van der Waals surface area contributed by atoms with Gasteiger partial charge in [0.2, 0.25) is 0 Å². The van der Waals surface area contributed by atoms with Crippen LogP contribution < -0.4 is 5.73 Å². The van der Waals surface area contributed by atoms with Crippen molar-refractivity contribution in [3.8, 4) is 0 Å². The lowest BCUT2D eigenvalue weighted by Crippen LogP contribution is -2.24. The Hall–Kier alpha value is -0.580. The molecular weight excluding hydrogens is 213 g/mol. The molecule has 0 aliphatic carbocycles. The van der Waals surface area contributed by atoms with Crippen molar-refractivity contribution in [2.24, 2.45) is 5.73 Å². The van der Waals surface area contributed by atoms with Crippen LogP contribution in [-0.2, 0) is 0 Å². The number of nitrogens with two attached hydrogens (primary N) is 1. The summed E-state index contributed by atoms with van der Waals surface area (Å²) in [6.07, 6.45) is 0. The van der Waals surface area contributed by atoms with Crippen molar-refractivity contribution >= 4 is 11.8 Å². The minimum atomic E-state index is -0.231. The van der Waals surface area contributed by atoms with E-state index >= 15 is 0 Å². The fourth-order valence-corrected chi connectivity index (χ4v) is 2.44. The third-order valence-corrected chi connectivity index (χ3v) is 3.54. The number of rotatable bonds is 5. The van der Waals surface area contributed by atoms with Crippen molar-refractivity contribution < 1.29 is 9.50 Å². The van der Waals surface area contributed by atoms with Gasteiger partial charge in [-0.05, 0) is 13.0 Å². The lowest BCUT2D eigenvalue weighted by molar-refractivity contribution is 0.322. The van der Waals surface area contributed by atoms with Crippen molar-refractivity contribution in [1.29, 1.82) is 0 Å². The van der Waals surface area contributed by atoms with Gasteiger partial charge in [0.15, 0.2) is 0 Å². The fourth-order valence-electron chi connectivity index (χ4n) is 1.41. The molecule has 3 N–H and O–H groups in total. The Morgan fingerprint density at radius 1 is 1.47 bits per heavy atom. The van der Waals surface area contributed by atoms with Gasteiger partial charge in [0.05, 0.1) is 6.61 Å². The Morgan fingerprint density at radius 2 is 2.13 bits per heavy atom. The maximum atomic E-state index is 13.5. The maximum absolute atomic E-state index is 13.5. The third kappa shape index (κ3) is 3.48. The van der Waals surface area contributed by atoms with E-state index in [9.17, 15) is 4.39 Å². The number of hydrogen-bond donors (Lipinski definition) is 2. The van der Waals surface area contributed by atoms with E-state index in [1.165, 1.54) is 17.8 Å². The minimum Gasteiger partial charge on any atom is -0.396 e. The smallest absolute Gasteiger partial charge is 0.127 e. The van der Waals surface area contributed by atoms with E-state index in [2.05, 4.69) is 0 Å². The topological polar surface area (TPSA) is 46.2 Å². The average Bonchev–Trinajstić information content (AvgIpc) is 2.20. The van der Waals surface area contributed by atoms with Gasteiger partial charge >= 0.3 is 0 Å². The van der Waals surface area contributed by atoms with E-state index < -0.39 is 0 Å². The first-order valence-corrected chi connectivity index (χ1v) is 5.94. The monoisotopic (exact) mass is 229 g/mol. The molecule has 1 aromatic carbocycles. The molecule has 0 fully saturated rings. The van der Waals surface area contributed by atoms with E-state index in [-0.39, 0.29) is 23.7 Å². The van der Waals surface area contributed by atoms with Crippen LogP contribution in [0.1, 0.15) is 17.7 Å². The molecule has 84 valence electrons. The summed E-state index contributed by atoms with van der Waals surface area (Å²) >= 11 is 1.48. The molecule has 2 atom stereocenters. The molecule has 2 unspecified atom stereocenters. The molecule has 0 spiro atoms. The van der Waals surface area contributed by atoms with E-state index in [4.69, 9.17) is 10.8 Å². The Morgan fingerprint density at radius 3 is 2.67 bits per heavy atom. The van der Waals surface area contributed by atoms with Crippen LogP contribution in [0.25, 0.3) is 0 Å². The van der Waals surface area contributed by atoms with E-state index in [1.807, 2.05) is 6.92 Å². The summed E-state index contributed by atoms with van der Waals surface area (Å²) < 4.78 is 13.5. The van der Waals surface area contributed by atoms with Gasteiger partial charge in [0, 0.05) is 22.6 Å². The largest absolute Gasteiger partial charge is 0.396 e. The van der Waals surface area contributed by atoms with Crippen molar-refractivity contribution in [1.82, 2.24) is 0 Å². The Labute approximate surface area is 93.7 Å². The van der Waals surface area contributed by atoms with Gasteiger partial charge in [-0.3, -0.25) is 0 Å². The van der Waals surface area contributed by atoms with Crippen LogP contribution >= 0.6 is 11.8 Å². The van der Waals surface area contributed by atoms with Gasteiger partial charge in [0.25, 0.3) is 0 Å². The van der Waals surface area contributed by atoms with Gasteiger partial charge in [-0.2, -0.15) is 0 Å². The molecule has 2 nitrogen and oxygen atoms in total. The van der Waals surface area contributed by atoms with Crippen LogP contribution in [0, 0.1) is 5.82 Å². The minimum absolute atomic E-state index is 0.0857. The second-order valence-electron chi connectivity index (χ2n) is 3.40. The first kappa shape index (κ1) is 12.5. The molecule has 0 saturated heterocycles. The number of hydrogen-bond acceptors (Lipinski definition) is 3.